The zero-order valence-corrected chi connectivity index (χ0v) is 17.5. The molecule has 0 heterocycles. The number of hydrogen-bond acceptors (Lipinski definition) is 2. The molecular formula is C23H27Cl2NO. The molecule has 3 rings (SSSR count). The SMILES string of the molecule is CN(C)CC1CCC/C(=C\c2ccccc2)C1(O)Cc1cc(Cl)cc(Cl)c1. The molecule has 0 spiro atoms. The van der Waals surface area contributed by atoms with Gasteiger partial charge in [-0.3, -0.25) is 0 Å². The Balaban J connectivity index is 2.01. The van der Waals surface area contributed by atoms with Crippen LogP contribution in [0.1, 0.15) is 30.4 Å². The van der Waals surface area contributed by atoms with Gasteiger partial charge in [-0.1, -0.05) is 59.6 Å². The molecule has 2 atom stereocenters. The van der Waals surface area contributed by atoms with Crippen molar-refractivity contribution in [3.8, 4) is 0 Å². The van der Waals surface area contributed by atoms with Gasteiger partial charge in [-0.15, -0.1) is 0 Å². The summed E-state index contributed by atoms with van der Waals surface area (Å²) in [5.74, 6) is 0.161. The first-order valence-corrected chi connectivity index (χ1v) is 10.2. The van der Waals surface area contributed by atoms with Gasteiger partial charge in [0.15, 0.2) is 0 Å². The van der Waals surface area contributed by atoms with Gasteiger partial charge in [-0.25, -0.2) is 0 Å². The van der Waals surface area contributed by atoms with E-state index in [1.807, 2.05) is 30.3 Å². The number of hydrogen-bond donors (Lipinski definition) is 1. The summed E-state index contributed by atoms with van der Waals surface area (Å²) in [6, 6.07) is 15.8. The van der Waals surface area contributed by atoms with Gasteiger partial charge in [0, 0.05) is 28.9 Å². The minimum absolute atomic E-state index is 0.161. The fraction of sp³-hybridized carbons (Fsp3) is 0.391. The predicted octanol–water partition coefficient (Wildman–Crippen LogP) is 5.71. The molecule has 1 aliphatic rings. The Morgan fingerprint density at radius 2 is 1.78 bits per heavy atom. The third-order valence-corrected chi connectivity index (χ3v) is 5.79. The molecule has 1 N–H and O–H groups in total. The second-order valence-electron chi connectivity index (χ2n) is 7.81. The number of rotatable bonds is 5. The van der Waals surface area contributed by atoms with Crippen LogP contribution in [0.3, 0.4) is 0 Å². The molecule has 2 aromatic carbocycles. The van der Waals surface area contributed by atoms with E-state index < -0.39 is 5.60 Å². The van der Waals surface area contributed by atoms with Crippen LogP contribution in [0, 0.1) is 5.92 Å². The highest BCUT2D eigenvalue weighted by Crippen LogP contribution is 2.42. The fourth-order valence-corrected chi connectivity index (χ4v) is 4.74. The Morgan fingerprint density at radius 1 is 1.11 bits per heavy atom. The third-order valence-electron chi connectivity index (χ3n) is 5.35. The lowest BCUT2D eigenvalue weighted by Crippen LogP contribution is -2.48. The van der Waals surface area contributed by atoms with Crippen molar-refractivity contribution in [3.05, 3.63) is 75.3 Å². The van der Waals surface area contributed by atoms with Crippen molar-refractivity contribution in [2.24, 2.45) is 5.92 Å². The quantitative estimate of drug-likeness (QED) is 0.690. The summed E-state index contributed by atoms with van der Waals surface area (Å²) in [5.41, 5.74) is 2.29. The molecular weight excluding hydrogens is 377 g/mol. The Hall–Kier alpha value is -1.32. The highest BCUT2D eigenvalue weighted by Gasteiger charge is 2.42. The summed E-state index contributed by atoms with van der Waals surface area (Å²) in [6.45, 7) is 0.844. The summed E-state index contributed by atoms with van der Waals surface area (Å²) in [7, 11) is 4.12. The maximum Gasteiger partial charge on any atom is 0.0940 e. The van der Waals surface area contributed by atoms with Gasteiger partial charge in [0.25, 0.3) is 0 Å². The molecule has 144 valence electrons. The van der Waals surface area contributed by atoms with Gasteiger partial charge < -0.3 is 10.0 Å². The van der Waals surface area contributed by atoms with Crippen LogP contribution in [-0.4, -0.2) is 36.2 Å². The summed E-state index contributed by atoms with van der Waals surface area (Å²) >= 11 is 12.4. The standard InChI is InChI=1S/C23H27Cl2NO/c1-26(2)16-20-10-6-9-19(11-17-7-4-3-5-8-17)23(20,27)15-18-12-21(24)14-22(25)13-18/h3-5,7-8,11-14,20,27H,6,9-10,15-16H2,1-2H3/b19-11+. The maximum absolute atomic E-state index is 12.0. The first kappa shape index (κ1) is 20.4. The van der Waals surface area contributed by atoms with Crippen LogP contribution in [0.4, 0.5) is 0 Å². The summed E-state index contributed by atoms with van der Waals surface area (Å²) in [4.78, 5) is 2.16. The van der Waals surface area contributed by atoms with Gasteiger partial charge in [0.05, 0.1) is 5.60 Å². The molecule has 0 saturated heterocycles. The van der Waals surface area contributed by atoms with Crippen molar-refractivity contribution in [2.45, 2.75) is 31.3 Å². The Labute approximate surface area is 172 Å². The van der Waals surface area contributed by atoms with E-state index in [1.165, 1.54) is 0 Å². The van der Waals surface area contributed by atoms with Crippen molar-refractivity contribution < 1.29 is 5.11 Å². The van der Waals surface area contributed by atoms with E-state index in [4.69, 9.17) is 23.2 Å². The molecule has 0 aliphatic heterocycles. The largest absolute Gasteiger partial charge is 0.385 e. The van der Waals surface area contributed by atoms with Gasteiger partial charge in [0.1, 0.15) is 0 Å². The van der Waals surface area contributed by atoms with E-state index in [0.717, 1.165) is 42.5 Å². The van der Waals surface area contributed by atoms with E-state index in [2.05, 4.69) is 37.2 Å². The number of nitrogens with zero attached hydrogens (tertiary/aromatic N) is 1. The number of halogens is 2. The van der Waals surface area contributed by atoms with Crippen molar-refractivity contribution >= 4 is 29.3 Å². The van der Waals surface area contributed by atoms with Crippen LogP contribution in [0.2, 0.25) is 10.0 Å². The zero-order chi connectivity index (χ0) is 19.4. The average Bonchev–Trinajstić information content (AvgIpc) is 2.58. The Kier molecular flexibility index (Phi) is 6.65. The first-order valence-electron chi connectivity index (χ1n) is 9.45. The van der Waals surface area contributed by atoms with E-state index in [-0.39, 0.29) is 5.92 Å². The number of aliphatic hydroxyl groups is 1. The summed E-state index contributed by atoms with van der Waals surface area (Å²) in [5, 5.41) is 13.2. The van der Waals surface area contributed by atoms with Crippen LogP contribution in [0.15, 0.2) is 54.1 Å². The average molecular weight is 404 g/mol. The second kappa shape index (κ2) is 8.79. The minimum atomic E-state index is -0.910. The molecule has 0 radical (unpaired) electrons. The van der Waals surface area contributed by atoms with E-state index in [0.29, 0.717) is 16.5 Å². The lowest BCUT2D eigenvalue weighted by molar-refractivity contribution is -0.0123. The number of benzene rings is 2. The van der Waals surface area contributed by atoms with E-state index >= 15 is 0 Å². The van der Waals surface area contributed by atoms with Crippen LogP contribution >= 0.6 is 23.2 Å². The van der Waals surface area contributed by atoms with Crippen LogP contribution in [0.5, 0.6) is 0 Å². The fourth-order valence-electron chi connectivity index (χ4n) is 4.17. The molecule has 0 amide bonds. The minimum Gasteiger partial charge on any atom is -0.385 e. The molecule has 1 saturated carbocycles. The van der Waals surface area contributed by atoms with Gasteiger partial charge in [-0.05, 0) is 68.3 Å². The monoisotopic (exact) mass is 403 g/mol. The van der Waals surface area contributed by atoms with Gasteiger partial charge in [0.2, 0.25) is 0 Å². The maximum atomic E-state index is 12.0. The van der Waals surface area contributed by atoms with Crippen LogP contribution < -0.4 is 0 Å². The predicted molar refractivity (Wildman–Crippen MR) is 115 cm³/mol. The first-order chi connectivity index (χ1) is 12.9. The highest BCUT2D eigenvalue weighted by molar-refractivity contribution is 6.34. The zero-order valence-electron chi connectivity index (χ0n) is 16.0. The van der Waals surface area contributed by atoms with Crippen molar-refractivity contribution in [1.82, 2.24) is 4.90 Å². The smallest absolute Gasteiger partial charge is 0.0940 e. The summed E-state index contributed by atoms with van der Waals surface area (Å²) in [6.07, 6.45) is 5.69. The topological polar surface area (TPSA) is 23.5 Å². The molecule has 27 heavy (non-hydrogen) atoms. The molecule has 0 bridgehead atoms. The molecule has 2 aromatic rings. The molecule has 1 aliphatic carbocycles. The summed E-state index contributed by atoms with van der Waals surface area (Å²) < 4.78 is 0. The van der Waals surface area contributed by atoms with Crippen molar-refractivity contribution in [3.63, 3.8) is 0 Å². The van der Waals surface area contributed by atoms with Gasteiger partial charge in [-0.2, -0.15) is 0 Å². The molecule has 1 fully saturated rings. The Bertz CT molecular complexity index is 783. The molecule has 2 nitrogen and oxygen atoms in total. The third kappa shape index (κ3) is 5.14. The van der Waals surface area contributed by atoms with Crippen LogP contribution in [-0.2, 0) is 6.42 Å². The van der Waals surface area contributed by atoms with E-state index in [1.54, 1.807) is 6.07 Å². The van der Waals surface area contributed by atoms with Crippen LogP contribution in [0.25, 0.3) is 6.08 Å². The van der Waals surface area contributed by atoms with E-state index in [9.17, 15) is 5.11 Å². The lowest BCUT2D eigenvalue weighted by atomic mass is 9.68. The van der Waals surface area contributed by atoms with Crippen molar-refractivity contribution in [1.29, 1.82) is 0 Å². The highest BCUT2D eigenvalue weighted by atomic mass is 35.5. The Morgan fingerprint density at radius 3 is 2.41 bits per heavy atom. The molecule has 2 unspecified atom stereocenters. The van der Waals surface area contributed by atoms with Gasteiger partial charge >= 0.3 is 0 Å². The van der Waals surface area contributed by atoms with Crippen molar-refractivity contribution in [2.75, 3.05) is 20.6 Å². The normalized spacial score (nSPS) is 24.5. The lowest BCUT2D eigenvalue weighted by Gasteiger charge is -2.43. The molecule has 0 aromatic heterocycles. The second-order valence-corrected chi connectivity index (χ2v) is 8.68. The molecule has 4 heteroatoms.